The van der Waals surface area contributed by atoms with Crippen LogP contribution in [0, 0.1) is 0 Å². The highest BCUT2D eigenvalue weighted by Gasteiger charge is 2.15. The Hall–Kier alpha value is -3.88. The monoisotopic (exact) mass is 554 g/mol. The van der Waals surface area contributed by atoms with Crippen LogP contribution in [0.25, 0.3) is 11.1 Å². The van der Waals surface area contributed by atoms with Crippen LogP contribution in [-0.2, 0) is 19.1 Å². The molecule has 0 saturated carbocycles. The molecule has 0 fully saturated rings. The summed E-state index contributed by atoms with van der Waals surface area (Å²) in [6.45, 7) is 6.57. The molecule has 0 aromatic heterocycles. The first kappa shape index (κ1) is 32.3. The van der Waals surface area contributed by atoms with Gasteiger partial charge < -0.3 is 25.2 Å². The first-order chi connectivity index (χ1) is 19.0. The SMILES string of the molecule is CC(C)(C)OC(=O)CCCCCNC(=O)CCCCCNC(=O)COc1ccc(-c2cccc(C(=O)O)c2)cc1. The van der Waals surface area contributed by atoms with E-state index < -0.39 is 11.6 Å². The van der Waals surface area contributed by atoms with Gasteiger partial charge in [-0.05, 0) is 81.8 Å². The number of nitrogens with one attached hydrogen (secondary N) is 2. The van der Waals surface area contributed by atoms with Crippen molar-refractivity contribution in [2.24, 2.45) is 0 Å². The summed E-state index contributed by atoms with van der Waals surface area (Å²) in [4.78, 5) is 46.8. The predicted molar refractivity (Wildman–Crippen MR) is 153 cm³/mol. The van der Waals surface area contributed by atoms with Crippen molar-refractivity contribution in [3.63, 3.8) is 0 Å². The van der Waals surface area contributed by atoms with Gasteiger partial charge in [-0.15, -0.1) is 0 Å². The Morgan fingerprint density at radius 2 is 1.38 bits per heavy atom. The minimum Gasteiger partial charge on any atom is -0.484 e. The molecule has 2 rings (SSSR count). The fourth-order valence-electron chi connectivity index (χ4n) is 3.87. The third-order valence-electron chi connectivity index (χ3n) is 5.87. The zero-order valence-electron chi connectivity index (χ0n) is 23.8. The average Bonchev–Trinajstić information content (AvgIpc) is 2.90. The number of carboxylic acid groups (broad SMARTS) is 1. The van der Waals surface area contributed by atoms with Gasteiger partial charge in [0.05, 0.1) is 5.56 Å². The molecule has 0 saturated heterocycles. The fraction of sp³-hybridized carbons (Fsp3) is 0.484. The summed E-state index contributed by atoms with van der Waals surface area (Å²) in [6.07, 6.45) is 5.63. The lowest BCUT2D eigenvalue weighted by Crippen LogP contribution is -2.29. The van der Waals surface area contributed by atoms with E-state index in [1.165, 1.54) is 0 Å². The van der Waals surface area contributed by atoms with Crippen LogP contribution in [0.2, 0.25) is 0 Å². The van der Waals surface area contributed by atoms with E-state index in [-0.39, 0.29) is 30.0 Å². The van der Waals surface area contributed by atoms with Gasteiger partial charge >= 0.3 is 11.9 Å². The van der Waals surface area contributed by atoms with E-state index in [2.05, 4.69) is 10.6 Å². The summed E-state index contributed by atoms with van der Waals surface area (Å²) in [5.74, 6) is -0.820. The molecule has 9 nitrogen and oxygen atoms in total. The molecule has 0 spiro atoms. The normalized spacial score (nSPS) is 11.0. The van der Waals surface area contributed by atoms with Crippen molar-refractivity contribution in [3.8, 4) is 16.9 Å². The van der Waals surface area contributed by atoms with Gasteiger partial charge in [0, 0.05) is 25.9 Å². The first-order valence-corrected chi connectivity index (χ1v) is 13.9. The summed E-state index contributed by atoms with van der Waals surface area (Å²) in [5.41, 5.74) is 1.40. The molecule has 0 bridgehead atoms. The van der Waals surface area contributed by atoms with Crippen LogP contribution in [0.4, 0.5) is 0 Å². The number of esters is 1. The van der Waals surface area contributed by atoms with Crippen LogP contribution in [0.5, 0.6) is 5.75 Å². The minimum absolute atomic E-state index is 0.0187. The van der Waals surface area contributed by atoms with Crippen molar-refractivity contribution in [1.29, 1.82) is 0 Å². The number of benzene rings is 2. The van der Waals surface area contributed by atoms with Crippen LogP contribution >= 0.6 is 0 Å². The molecule has 9 heteroatoms. The number of hydrogen-bond donors (Lipinski definition) is 3. The van der Waals surface area contributed by atoms with Crippen LogP contribution < -0.4 is 15.4 Å². The smallest absolute Gasteiger partial charge is 0.335 e. The maximum atomic E-state index is 12.1. The Labute approximate surface area is 236 Å². The van der Waals surface area contributed by atoms with Crippen molar-refractivity contribution >= 4 is 23.8 Å². The molecule has 0 aliphatic heterocycles. The van der Waals surface area contributed by atoms with E-state index in [9.17, 15) is 19.2 Å². The predicted octanol–water partition coefficient (Wildman–Crippen LogP) is 5.13. The number of amides is 2. The Morgan fingerprint density at radius 1 is 0.750 bits per heavy atom. The molecular weight excluding hydrogens is 512 g/mol. The quantitative estimate of drug-likeness (QED) is 0.183. The standard InChI is InChI=1S/C31H42N2O7/c1-31(2,3)40-29(36)14-7-5-9-19-32-27(34)13-6-4-8-20-33-28(35)22-39-26-17-15-23(16-18-26)24-11-10-12-25(21-24)30(37)38/h10-12,15-18,21H,4-9,13-14,19-20,22H2,1-3H3,(H,32,34)(H,33,35)(H,37,38). The second-order valence-electron chi connectivity index (χ2n) is 10.6. The van der Waals surface area contributed by atoms with Gasteiger partial charge in [0.15, 0.2) is 6.61 Å². The summed E-state index contributed by atoms with van der Waals surface area (Å²) < 4.78 is 10.8. The van der Waals surface area contributed by atoms with E-state index in [4.69, 9.17) is 14.6 Å². The number of carbonyl (C=O) groups excluding carboxylic acids is 3. The molecule has 2 amide bonds. The molecule has 3 N–H and O–H groups in total. The highest BCUT2D eigenvalue weighted by Crippen LogP contribution is 2.23. The summed E-state index contributed by atoms with van der Waals surface area (Å²) in [7, 11) is 0. The number of aromatic carboxylic acids is 1. The van der Waals surface area contributed by atoms with Gasteiger partial charge in [0.25, 0.3) is 5.91 Å². The second kappa shape index (κ2) is 16.9. The number of hydrogen-bond acceptors (Lipinski definition) is 6. The molecule has 2 aromatic rings. The fourth-order valence-corrected chi connectivity index (χ4v) is 3.87. The van der Waals surface area contributed by atoms with Gasteiger partial charge in [-0.25, -0.2) is 4.79 Å². The molecule has 218 valence electrons. The Balaban J connectivity index is 1.49. The van der Waals surface area contributed by atoms with Gasteiger partial charge in [-0.3, -0.25) is 14.4 Å². The molecule has 0 aliphatic rings. The van der Waals surface area contributed by atoms with Crippen LogP contribution in [0.1, 0.15) is 82.5 Å². The molecule has 0 heterocycles. The molecular formula is C31H42N2O7. The van der Waals surface area contributed by atoms with Crippen molar-refractivity contribution in [2.75, 3.05) is 19.7 Å². The number of rotatable bonds is 17. The largest absolute Gasteiger partial charge is 0.484 e. The third-order valence-corrected chi connectivity index (χ3v) is 5.87. The lowest BCUT2D eigenvalue weighted by Gasteiger charge is -2.19. The number of carbonyl (C=O) groups is 4. The zero-order valence-corrected chi connectivity index (χ0v) is 23.8. The van der Waals surface area contributed by atoms with E-state index in [0.29, 0.717) is 31.7 Å². The van der Waals surface area contributed by atoms with Crippen molar-refractivity contribution in [1.82, 2.24) is 10.6 Å². The zero-order chi connectivity index (χ0) is 29.4. The maximum Gasteiger partial charge on any atom is 0.335 e. The molecule has 2 aromatic carbocycles. The molecule has 0 radical (unpaired) electrons. The van der Waals surface area contributed by atoms with Crippen LogP contribution in [0.3, 0.4) is 0 Å². The minimum atomic E-state index is -0.977. The number of unbranched alkanes of at least 4 members (excludes halogenated alkanes) is 4. The highest BCUT2D eigenvalue weighted by molar-refractivity contribution is 5.89. The maximum absolute atomic E-state index is 12.1. The summed E-state index contributed by atoms with van der Waals surface area (Å²) >= 11 is 0. The average molecular weight is 555 g/mol. The lowest BCUT2D eigenvalue weighted by molar-refractivity contribution is -0.155. The van der Waals surface area contributed by atoms with Crippen molar-refractivity contribution in [2.45, 2.75) is 77.7 Å². The lowest BCUT2D eigenvalue weighted by atomic mass is 10.0. The highest BCUT2D eigenvalue weighted by atomic mass is 16.6. The van der Waals surface area contributed by atoms with E-state index >= 15 is 0 Å². The van der Waals surface area contributed by atoms with Crippen molar-refractivity contribution < 1.29 is 33.8 Å². The number of ether oxygens (including phenoxy) is 2. The molecule has 0 aliphatic carbocycles. The van der Waals surface area contributed by atoms with Gasteiger partial charge in [-0.2, -0.15) is 0 Å². The van der Waals surface area contributed by atoms with Gasteiger partial charge in [-0.1, -0.05) is 37.1 Å². The molecule has 0 atom stereocenters. The molecule has 40 heavy (non-hydrogen) atoms. The van der Waals surface area contributed by atoms with Gasteiger partial charge in [0.1, 0.15) is 11.4 Å². The van der Waals surface area contributed by atoms with E-state index in [0.717, 1.165) is 49.7 Å². The van der Waals surface area contributed by atoms with Gasteiger partial charge in [0.2, 0.25) is 5.91 Å². The van der Waals surface area contributed by atoms with E-state index in [1.54, 1.807) is 30.3 Å². The first-order valence-electron chi connectivity index (χ1n) is 13.9. The Bertz CT molecular complexity index is 1110. The Morgan fingerprint density at radius 3 is 2.00 bits per heavy atom. The van der Waals surface area contributed by atoms with Crippen LogP contribution in [0.15, 0.2) is 48.5 Å². The summed E-state index contributed by atoms with van der Waals surface area (Å²) in [6, 6.07) is 13.8. The topological polar surface area (TPSA) is 131 Å². The van der Waals surface area contributed by atoms with Crippen LogP contribution in [-0.4, -0.2) is 54.2 Å². The second-order valence-corrected chi connectivity index (χ2v) is 10.6. The van der Waals surface area contributed by atoms with Crippen molar-refractivity contribution in [3.05, 3.63) is 54.1 Å². The van der Waals surface area contributed by atoms with E-state index in [1.807, 2.05) is 39.0 Å². The Kier molecular flexibility index (Phi) is 13.7. The third kappa shape index (κ3) is 13.8. The summed E-state index contributed by atoms with van der Waals surface area (Å²) in [5, 5.41) is 14.9. The molecule has 0 unspecified atom stereocenters. The number of carboxylic acids is 1.